The minimum Gasteiger partial charge on any atom is -0.381 e. The molecule has 2 amide bonds. The van der Waals surface area contributed by atoms with Crippen molar-refractivity contribution < 1.29 is 19.1 Å². The van der Waals surface area contributed by atoms with E-state index in [9.17, 15) is 19.2 Å². The molecule has 0 bridgehead atoms. The van der Waals surface area contributed by atoms with Gasteiger partial charge >= 0.3 is 0 Å². The molecule has 0 unspecified atom stereocenters. The number of nitrogens with one attached hydrogen (secondary N) is 2. The van der Waals surface area contributed by atoms with Crippen molar-refractivity contribution in [3.8, 4) is 11.1 Å². The molecule has 0 saturated carbocycles. The summed E-state index contributed by atoms with van der Waals surface area (Å²) in [5.74, 6) is -0.433. The lowest BCUT2D eigenvalue weighted by molar-refractivity contribution is -0.111. The van der Waals surface area contributed by atoms with Gasteiger partial charge in [-0.15, -0.1) is 0 Å². The Kier molecular flexibility index (Phi) is 10.7. The number of ether oxygens (including phenoxy) is 1. The highest BCUT2D eigenvalue weighted by atomic mass is 16.5. The van der Waals surface area contributed by atoms with Crippen LogP contribution in [0.25, 0.3) is 11.1 Å². The molecule has 1 aliphatic rings. The highest BCUT2D eigenvalue weighted by Crippen LogP contribution is 2.30. The van der Waals surface area contributed by atoms with Crippen molar-refractivity contribution in [1.29, 1.82) is 0 Å². The summed E-state index contributed by atoms with van der Waals surface area (Å²) >= 11 is 0. The summed E-state index contributed by atoms with van der Waals surface area (Å²) in [6.07, 6.45) is 5.27. The monoisotopic (exact) mass is 646 g/mol. The summed E-state index contributed by atoms with van der Waals surface area (Å²) in [5, 5.41) is 5.83. The molecular weight excluding hydrogens is 604 g/mol. The number of rotatable bonds is 11. The van der Waals surface area contributed by atoms with Crippen molar-refractivity contribution in [1.82, 2.24) is 4.57 Å². The Balaban J connectivity index is 1.41. The van der Waals surface area contributed by atoms with Gasteiger partial charge in [-0.3, -0.25) is 19.2 Å². The maximum absolute atomic E-state index is 13.3. The molecule has 0 radical (unpaired) electrons. The standard InChI is InChI=1S/C39H42N4O5/c1-6-37(45)40-35-21-27(10-15-33(35)36(44)22-26-16-18-48-19-17-26)20-29-23-30(24-43(5)39(29)47)32-8-7-9-34(25(32)2)41-38(46)28-11-13-31(14-12-28)42(3)4/h6-15,21,23-24,26H,1,16-20,22H2,2-5H3,(H,40,45)(H,41,46). The van der Waals surface area contributed by atoms with Crippen LogP contribution >= 0.6 is 0 Å². The Morgan fingerprint density at radius 2 is 1.71 bits per heavy atom. The molecular formula is C39H42N4O5. The Hall–Kier alpha value is -5.28. The number of aryl methyl sites for hydroxylation is 1. The van der Waals surface area contributed by atoms with Crippen LogP contribution in [0.5, 0.6) is 0 Å². The van der Waals surface area contributed by atoms with Gasteiger partial charge in [0, 0.05) is 81.5 Å². The van der Waals surface area contributed by atoms with Crippen LogP contribution < -0.4 is 21.1 Å². The quantitative estimate of drug-likeness (QED) is 0.144. The van der Waals surface area contributed by atoms with Crippen molar-refractivity contribution >= 4 is 34.7 Å². The maximum Gasteiger partial charge on any atom is 0.255 e. The number of amides is 2. The van der Waals surface area contributed by atoms with Crippen LogP contribution in [0.4, 0.5) is 17.1 Å². The highest BCUT2D eigenvalue weighted by Gasteiger charge is 2.21. The van der Waals surface area contributed by atoms with Crippen molar-refractivity contribution in [3.63, 3.8) is 0 Å². The molecule has 248 valence electrons. The Morgan fingerprint density at radius 1 is 0.979 bits per heavy atom. The molecule has 1 aliphatic heterocycles. The molecule has 48 heavy (non-hydrogen) atoms. The number of carbonyl (C=O) groups is 3. The molecule has 0 aliphatic carbocycles. The molecule has 9 heteroatoms. The van der Waals surface area contributed by atoms with Crippen LogP contribution in [0, 0.1) is 12.8 Å². The van der Waals surface area contributed by atoms with Crippen molar-refractivity contribution in [2.45, 2.75) is 32.6 Å². The van der Waals surface area contributed by atoms with Gasteiger partial charge in [0.1, 0.15) is 0 Å². The van der Waals surface area contributed by atoms with Crippen LogP contribution in [0.3, 0.4) is 0 Å². The Labute approximate surface area is 281 Å². The van der Waals surface area contributed by atoms with Gasteiger partial charge in [-0.05, 0) is 103 Å². The van der Waals surface area contributed by atoms with E-state index in [4.69, 9.17) is 4.74 Å². The molecule has 2 N–H and O–H groups in total. The fraction of sp³-hybridized carbons (Fsp3) is 0.282. The number of anilines is 3. The van der Waals surface area contributed by atoms with Crippen molar-refractivity contribution in [3.05, 3.63) is 124 Å². The minimum atomic E-state index is -0.418. The first kappa shape index (κ1) is 34.1. The lowest BCUT2D eigenvalue weighted by Gasteiger charge is -2.22. The Morgan fingerprint density at radius 3 is 2.40 bits per heavy atom. The number of nitrogens with zero attached hydrogens (tertiary/aromatic N) is 2. The molecule has 3 aromatic carbocycles. The number of ketones is 1. The molecule has 4 aromatic rings. The van der Waals surface area contributed by atoms with Gasteiger partial charge in [0.2, 0.25) is 5.91 Å². The number of carbonyl (C=O) groups excluding carboxylic acids is 3. The van der Waals surface area contributed by atoms with Crippen LogP contribution in [0.1, 0.15) is 56.7 Å². The zero-order valence-electron chi connectivity index (χ0n) is 28.0. The van der Waals surface area contributed by atoms with Crippen LogP contribution in [0.15, 0.2) is 90.4 Å². The fourth-order valence-corrected chi connectivity index (χ4v) is 6.02. The second kappa shape index (κ2) is 15.1. The minimum absolute atomic E-state index is 0.0428. The maximum atomic E-state index is 13.3. The van der Waals surface area contributed by atoms with Crippen LogP contribution in [0.2, 0.25) is 0 Å². The molecule has 0 spiro atoms. The van der Waals surface area contributed by atoms with Gasteiger partial charge < -0.3 is 24.8 Å². The highest BCUT2D eigenvalue weighted by molar-refractivity contribution is 6.07. The second-order valence-corrected chi connectivity index (χ2v) is 12.5. The van der Waals surface area contributed by atoms with E-state index in [-0.39, 0.29) is 29.6 Å². The first-order valence-corrected chi connectivity index (χ1v) is 16.1. The second-order valence-electron chi connectivity index (χ2n) is 12.5. The summed E-state index contributed by atoms with van der Waals surface area (Å²) in [4.78, 5) is 54.1. The molecule has 1 fully saturated rings. The van der Waals surface area contributed by atoms with E-state index in [1.165, 1.54) is 0 Å². The number of hydrogen-bond acceptors (Lipinski definition) is 6. The summed E-state index contributed by atoms with van der Waals surface area (Å²) in [6.45, 7) is 6.78. The van der Waals surface area contributed by atoms with Crippen molar-refractivity contribution in [2.24, 2.45) is 13.0 Å². The predicted molar refractivity (Wildman–Crippen MR) is 191 cm³/mol. The van der Waals surface area contributed by atoms with E-state index in [0.29, 0.717) is 47.7 Å². The summed E-state index contributed by atoms with van der Waals surface area (Å²) in [5.41, 5.74) is 6.78. The number of hydrogen-bond donors (Lipinski definition) is 2. The third-order valence-corrected chi connectivity index (χ3v) is 8.83. The van der Waals surface area contributed by atoms with E-state index in [2.05, 4.69) is 17.2 Å². The van der Waals surface area contributed by atoms with Gasteiger partial charge in [-0.25, -0.2) is 0 Å². The zero-order chi connectivity index (χ0) is 34.4. The lowest BCUT2D eigenvalue weighted by Crippen LogP contribution is -2.21. The Bertz CT molecular complexity index is 1900. The number of benzene rings is 3. The number of Topliss-reactive ketones (excluding diaryl/α,β-unsaturated/α-hetero) is 1. The van der Waals surface area contributed by atoms with Gasteiger partial charge in [-0.1, -0.05) is 24.8 Å². The first-order chi connectivity index (χ1) is 23.0. The number of pyridine rings is 1. The topological polar surface area (TPSA) is 110 Å². The molecule has 0 atom stereocenters. The fourth-order valence-electron chi connectivity index (χ4n) is 6.02. The molecule has 9 nitrogen and oxygen atoms in total. The van der Waals surface area contributed by atoms with Crippen molar-refractivity contribution in [2.75, 3.05) is 42.8 Å². The van der Waals surface area contributed by atoms with E-state index in [0.717, 1.165) is 46.9 Å². The largest absolute Gasteiger partial charge is 0.381 e. The number of aromatic nitrogens is 1. The normalized spacial score (nSPS) is 13.1. The average molecular weight is 647 g/mol. The molecule has 1 aromatic heterocycles. The summed E-state index contributed by atoms with van der Waals surface area (Å²) in [6, 6.07) is 20.3. The predicted octanol–water partition coefficient (Wildman–Crippen LogP) is 6.39. The SMILES string of the molecule is C=CC(=O)Nc1cc(Cc2cc(-c3cccc(NC(=O)c4ccc(N(C)C)cc4)c3C)cn(C)c2=O)ccc1C(=O)CC1CCOCC1. The van der Waals surface area contributed by atoms with Crippen LogP contribution in [-0.4, -0.2) is 49.5 Å². The van der Waals surface area contributed by atoms with Crippen LogP contribution in [-0.2, 0) is 23.0 Å². The van der Waals surface area contributed by atoms with E-state index >= 15 is 0 Å². The molecule has 1 saturated heterocycles. The molecule has 2 heterocycles. The zero-order valence-corrected chi connectivity index (χ0v) is 28.0. The van der Waals surface area contributed by atoms with E-state index < -0.39 is 5.91 Å². The van der Waals surface area contributed by atoms with Gasteiger partial charge in [0.25, 0.3) is 11.5 Å². The first-order valence-electron chi connectivity index (χ1n) is 16.1. The third kappa shape index (κ3) is 7.98. The lowest BCUT2D eigenvalue weighted by atomic mass is 9.90. The van der Waals surface area contributed by atoms with Gasteiger partial charge in [-0.2, -0.15) is 0 Å². The average Bonchev–Trinajstić information content (AvgIpc) is 3.08. The summed E-state index contributed by atoms with van der Waals surface area (Å²) in [7, 11) is 5.61. The third-order valence-electron chi connectivity index (χ3n) is 8.83. The molecule has 5 rings (SSSR count). The van der Waals surface area contributed by atoms with E-state index in [1.807, 2.05) is 68.4 Å². The smallest absolute Gasteiger partial charge is 0.255 e. The van der Waals surface area contributed by atoms with Gasteiger partial charge in [0.15, 0.2) is 5.78 Å². The van der Waals surface area contributed by atoms with E-state index in [1.54, 1.807) is 42.1 Å². The van der Waals surface area contributed by atoms with Gasteiger partial charge in [0.05, 0.1) is 5.69 Å². The summed E-state index contributed by atoms with van der Waals surface area (Å²) < 4.78 is 6.98.